The van der Waals surface area contributed by atoms with Gasteiger partial charge < -0.3 is 24.7 Å². The molecule has 25 heavy (non-hydrogen) atoms. The van der Waals surface area contributed by atoms with Crippen molar-refractivity contribution in [2.24, 2.45) is 4.99 Å². The SMILES string of the molecule is CCNC(=NCc1cccc(OCCOC)c1)NCCn1cccc1. The number of methoxy groups -OCH3 is 1. The zero-order valence-corrected chi connectivity index (χ0v) is 15.1. The van der Waals surface area contributed by atoms with E-state index >= 15 is 0 Å². The summed E-state index contributed by atoms with van der Waals surface area (Å²) in [5.41, 5.74) is 1.11. The molecule has 6 heteroatoms. The van der Waals surface area contributed by atoms with Gasteiger partial charge in [-0.25, -0.2) is 4.99 Å². The van der Waals surface area contributed by atoms with Gasteiger partial charge in [-0.2, -0.15) is 0 Å². The van der Waals surface area contributed by atoms with Crippen LogP contribution in [0.15, 0.2) is 53.8 Å². The number of guanidine groups is 1. The summed E-state index contributed by atoms with van der Waals surface area (Å²) < 4.78 is 12.8. The molecule has 1 heterocycles. The Labute approximate surface area is 149 Å². The lowest BCUT2D eigenvalue weighted by Crippen LogP contribution is -2.38. The first-order chi connectivity index (χ1) is 12.3. The first kappa shape index (κ1) is 18.9. The summed E-state index contributed by atoms with van der Waals surface area (Å²) in [6, 6.07) is 12.1. The molecule has 0 aliphatic heterocycles. The van der Waals surface area contributed by atoms with E-state index in [1.165, 1.54) is 0 Å². The molecule has 0 radical (unpaired) electrons. The van der Waals surface area contributed by atoms with Crippen LogP contribution in [0.25, 0.3) is 0 Å². The summed E-state index contributed by atoms with van der Waals surface area (Å²) >= 11 is 0. The fraction of sp³-hybridized carbons (Fsp3) is 0.421. The van der Waals surface area contributed by atoms with Crippen molar-refractivity contribution in [1.82, 2.24) is 15.2 Å². The number of aromatic nitrogens is 1. The number of hydrogen-bond acceptors (Lipinski definition) is 3. The molecule has 0 aliphatic rings. The molecule has 0 aliphatic carbocycles. The van der Waals surface area contributed by atoms with Crippen LogP contribution in [0, 0.1) is 0 Å². The van der Waals surface area contributed by atoms with Crippen molar-refractivity contribution < 1.29 is 9.47 Å². The number of hydrogen-bond donors (Lipinski definition) is 2. The second-order valence-corrected chi connectivity index (χ2v) is 5.53. The van der Waals surface area contributed by atoms with Gasteiger partial charge in [-0.15, -0.1) is 0 Å². The van der Waals surface area contributed by atoms with Crippen molar-refractivity contribution in [2.75, 3.05) is 33.4 Å². The van der Waals surface area contributed by atoms with Crippen molar-refractivity contribution in [3.05, 3.63) is 54.4 Å². The number of rotatable bonds is 10. The Hall–Kier alpha value is -2.47. The maximum Gasteiger partial charge on any atom is 0.191 e. The van der Waals surface area contributed by atoms with Crippen LogP contribution in [0.1, 0.15) is 12.5 Å². The lowest BCUT2D eigenvalue weighted by Gasteiger charge is -2.12. The summed E-state index contributed by atoms with van der Waals surface area (Å²) in [4.78, 5) is 4.65. The highest BCUT2D eigenvalue weighted by Gasteiger charge is 2.00. The van der Waals surface area contributed by atoms with Crippen molar-refractivity contribution in [1.29, 1.82) is 0 Å². The molecule has 0 unspecified atom stereocenters. The minimum Gasteiger partial charge on any atom is -0.491 e. The van der Waals surface area contributed by atoms with Crippen molar-refractivity contribution >= 4 is 5.96 Å². The summed E-state index contributed by atoms with van der Waals surface area (Å²) in [6.07, 6.45) is 4.11. The Bertz CT molecular complexity index is 626. The molecule has 1 aromatic carbocycles. The van der Waals surface area contributed by atoms with Crippen LogP contribution in [-0.2, 0) is 17.8 Å². The normalized spacial score (nSPS) is 11.4. The predicted octanol–water partition coefficient (Wildman–Crippen LogP) is 2.27. The molecule has 0 saturated carbocycles. The summed E-state index contributed by atoms with van der Waals surface area (Å²) in [5.74, 6) is 1.66. The number of ether oxygens (including phenoxy) is 2. The van der Waals surface area contributed by atoms with E-state index in [4.69, 9.17) is 9.47 Å². The summed E-state index contributed by atoms with van der Waals surface area (Å²) in [6.45, 7) is 6.34. The molecule has 0 saturated heterocycles. The second-order valence-electron chi connectivity index (χ2n) is 5.53. The fourth-order valence-electron chi connectivity index (χ4n) is 2.31. The van der Waals surface area contributed by atoms with E-state index in [1.807, 2.05) is 30.3 Å². The smallest absolute Gasteiger partial charge is 0.191 e. The lowest BCUT2D eigenvalue weighted by molar-refractivity contribution is 0.146. The molecule has 2 aromatic rings. The molecular formula is C19H28N4O2. The van der Waals surface area contributed by atoms with Crippen LogP contribution >= 0.6 is 0 Å². The predicted molar refractivity (Wildman–Crippen MR) is 101 cm³/mol. The molecule has 6 nitrogen and oxygen atoms in total. The van der Waals surface area contributed by atoms with Gasteiger partial charge in [0, 0.05) is 39.1 Å². The van der Waals surface area contributed by atoms with E-state index in [9.17, 15) is 0 Å². The van der Waals surface area contributed by atoms with Gasteiger partial charge in [-0.1, -0.05) is 12.1 Å². The third-order valence-electron chi connectivity index (χ3n) is 3.55. The molecule has 2 rings (SSSR count). The average molecular weight is 344 g/mol. The van der Waals surface area contributed by atoms with Gasteiger partial charge in [0.1, 0.15) is 12.4 Å². The first-order valence-electron chi connectivity index (χ1n) is 8.65. The minimum atomic E-state index is 0.548. The molecule has 0 bridgehead atoms. The zero-order valence-electron chi connectivity index (χ0n) is 15.1. The number of aliphatic imine (C=N–C) groups is 1. The Kier molecular flexibility index (Phi) is 8.41. The monoisotopic (exact) mass is 344 g/mol. The number of nitrogens with zero attached hydrogens (tertiary/aromatic N) is 2. The zero-order chi connectivity index (χ0) is 17.7. The van der Waals surface area contributed by atoms with Crippen LogP contribution in [0.3, 0.4) is 0 Å². The van der Waals surface area contributed by atoms with E-state index < -0.39 is 0 Å². The van der Waals surface area contributed by atoms with Gasteiger partial charge in [0.25, 0.3) is 0 Å². The van der Waals surface area contributed by atoms with Crippen molar-refractivity contribution in [3.63, 3.8) is 0 Å². The highest BCUT2D eigenvalue weighted by Crippen LogP contribution is 2.14. The molecule has 2 N–H and O–H groups in total. The molecule has 0 amide bonds. The van der Waals surface area contributed by atoms with E-state index in [1.54, 1.807) is 7.11 Å². The van der Waals surface area contributed by atoms with Crippen LogP contribution in [0.2, 0.25) is 0 Å². The number of nitrogens with one attached hydrogen (secondary N) is 2. The van der Waals surface area contributed by atoms with Gasteiger partial charge >= 0.3 is 0 Å². The molecule has 0 atom stereocenters. The van der Waals surface area contributed by atoms with E-state index in [0.29, 0.717) is 19.8 Å². The Morgan fingerprint density at radius 2 is 1.96 bits per heavy atom. The maximum atomic E-state index is 5.64. The standard InChI is InChI=1S/C19H28N4O2/c1-3-20-19(21-9-12-23-10-4-5-11-23)22-16-17-7-6-8-18(15-17)25-14-13-24-2/h4-8,10-11,15H,3,9,12-14,16H2,1-2H3,(H2,20,21,22). The van der Waals surface area contributed by atoms with Gasteiger partial charge in [0.2, 0.25) is 0 Å². The topological polar surface area (TPSA) is 59.8 Å². The minimum absolute atomic E-state index is 0.548. The summed E-state index contributed by atoms with van der Waals surface area (Å²) in [5, 5.41) is 6.63. The van der Waals surface area contributed by atoms with E-state index in [-0.39, 0.29) is 0 Å². The van der Waals surface area contributed by atoms with Crippen LogP contribution in [0.4, 0.5) is 0 Å². The Morgan fingerprint density at radius 1 is 1.12 bits per heavy atom. The van der Waals surface area contributed by atoms with Gasteiger partial charge in [0.05, 0.1) is 13.2 Å². The third-order valence-corrected chi connectivity index (χ3v) is 3.55. The molecular weight excluding hydrogens is 316 g/mol. The average Bonchev–Trinajstić information content (AvgIpc) is 3.14. The van der Waals surface area contributed by atoms with E-state index in [0.717, 1.165) is 36.9 Å². The quantitative estimate of drug-likeness (QED) is 0.394. The van der Waals surface area contributed by atoms with E-state index in [2.05, 4.69) is 45.6 Å². The Balaban J connectivity index is 1.85. The van der Waals surface area contributed by atoms with Gasteiger partial charge in [-0.3, -0.25) is 0 Å². The van der Waals surface area contributed by atoms with Crippen molar-refractivity contribution in [3.8, 4) is 5.75 Å². The molecule has 0 spiro atoms. The van der Waals surface area contributed by atoms with Gasteiger partial charge in [0.15, 0.2) is 5.96 Å². The van der Waals surface area contributed by atoms with Crippen LogP contribution in [-0.4, -0.2) is 43.9 Å². The Morgan fingerprint density at radius 3 is 2.72 bits per heavy atom. The molecule has 136 valence electrons. The van der Waals surface area contributed by atoms with Crippen LogP contribution in [0.5, 0.6) is 5.75 Å². The molecule has 0 fully saturated rings. The highest BCUT2D eigenvalue weighted by molar-refractivity contribution is 5.79. The fourth-order valence-corrected chi connectivity index (χ4v) is 2.31. The number of benzene rings is 1. The maximum absolute atomic E-state index is 5.64. The van der Waals surface area contributed by atoms with Crippen molar-refractivity contribution in [2.45, 2.75) is 20.0 Å². The highest BCUT2D eigenvalue weighted by atomic mass is 16.5. The second kappa shape index (κ2) is 11.1. The third kappa shape index (κ3) is 7.30. The summed E-state index contributed by atoms with van der Waals surface area (Å²) in [7, 11) is 1.67. The van der Waals surface area contributed by atoms with Crippen LogP contribution < -0.4 is 15.4 Å². The first-order valence-corrected chi connectivity index (χ1v) is 8.65. The largest absolute Gasteiger partial charge is 0.491 e. The molecule has 1 aromatic heterocycles. The van der Waals surface area contributed by atoms with Gasteiger partial charge in [-0.05, 0) is 36.8 Å². The lowest BCUT2D eigenvalue weighted by atomic mass is 10.2.